The van der Waals surface area contributed by atoms with Gasteiger partial charge in [-0.15, -0.1) is 12.3 Å². The first-order chi connectivity index (χ1) is 6.85. The van der Waals surface area contributed by atoms with Gasteiger partial charge in [0.15, 0.2) is 0 Å². The zero-order valence-electron chi connectivity index (χ0n) is 8.72. The average Bonchev–Trinajstić information content (AvgIpc) is 2.17. The summed E-state index contributed by atoms with van der Waals surface area (Å²) in [7, 11) is 0. The summed E-state index contributed by atoms with van der Waals surface area (Å²) in [5.74, 6) is 2.66. The van der Waals surface area contributed by atoms with Gasteiger partial charge in [-0.1, -0.05) is 0 Å². The Balaban J connectivity index is 1.74. The minimum absolute atomic E-state index is 0.256. The lowest BCUT2D eigenvalue weighted by atomic mass is 9.74. The van der Waals surface area contributed by atoms with Crippen LogP contribution in [0, 0.1) is 12.3 Å². The number of rotatable bonds is 3. The molecule has 0 aromatic carbocycles. The van der Waals surface area contributed by atoms with E-state index in [4.69, 9.17) is 11.2 Å². The number of hydrogen-bond donors (Lipinski definition) is 1. The Kier molecular flexibility index (Phi) is 3.10. The Bertz CT molecular complexity index is 227. The number of nitrogens with one attached hydrogen (secondary N) is 1. The van der Waals surface area contributed by atoms with Gasteiger partial charge in [-0.05, 0) is 32.1 Å². The highest BCUT2D eigenvalue weighted by Gasteiger charge is 2.42. The summed E-state index contributed by atoms with van der Waals surface area (Å²) in [4.78, 5) is 0. The van der Waals surface area contributed by atoms with E-state index in [1.54, 1.807) is 0 Å². The Morgan fingerprint density at radius 3 is 3.00 bits per heavy atom. The van der Waals surface area contributed by atoms with Gasteiger partial charge in [0.05, 0.1) is 5.60 Å². The Morgan fingerprint density at radius 2 is 2.36 bits per heavy atom. The standard InChI is InChI=1S/C12H19NO/c1-2-3-8-13-11-5-9-14-12(10-11)6-4-7-12/h1,11,13H,3-10H2. The molecule has 2 fully saturated rings. The number of ether oxygens (including phenoxy) is 1. The molecule has 0 radical (unpaired) electrons. The monoisotopic (exact) mass is 193 g/mol. The van der Waals surface area contributed by atoms with Crippen LogP contribution in [-0.4, -0.2) is 24.8 Å². The van der Waals surface area contributed by atoms with Crippen molar-refractivity contribution in [3.8, 4) is 12.3 Å². The molecule has 2 nitrogen and oxygen atoms in total. The summed E-state index contributed by atoms with van der Waals surface area (Å²) in [5.41, 5.74) is 0.256. The molecule has 0 aromatic rings. The third-order valence-electron chi connectivity index (χ3n) is 3.46. The molecule has 2 aliphatic rings. The zero-order chi connectivity index (χ0) is 9.86. The van der Waals surface area contributed by atoms with Crippen LogP contribution in [0.5, 0.6) is 0 Å². The van der Waals surface area contributed by atoms with Gasteiger partial charge in [0, 0.05) is 25.6 Å². The number of hydrogen-bond acceptors (Lipinski definition) is 2. The fraction of sp³-hybridized carbons (Fsp3) is 0.833. The van der Waals surface area contributed by atoms with Crippen molar-refractivity contribution in [2.24, 2.45) is 0 Å². The summed E-state index contributed by atoms with van der Waals surface area (Å²) in [6.07, 6.45) is 12.3. The second-order valence-electron chi connectivity index (χ2n) is 4.48. The molecule has 78 valence electrons. The molecule has 1 N–H and O–H groups in total. The van der Waals surface area contributed by atoms with Gasteiger partial charge in [-0.25, -0.2) is 0 Å². The first kappa shape index (κ1) is 10.0. The highest BCUT2D eigenvalue weighted by molar-refractivity contribution is 4.96. The van der Waals surface area contributed by atoms with Crippen LogP contribution in [0.15, 0.2) is 0 Å². The summed E-state index contributed by atoms with van der Waals surface area (Å²) in [6.45, 7) is 1.88. The van der Waals surface area contributed by atoms with Crippen LogP contribution in [0.3, 0.4) is 0 Å². The van der Waals surface area contributed by atoms with E-state index in [0.29, 0.717) is 6.04 Å². The molecule has 1 spiro atoms. The molecule has 1 heterocycles. The van der Waals surface area contributed by atoms with E-state index in [0.717, 1.165) is 26.0 Å². The topological polar surface area (TPSA) is 21.3 Å². The van der Waals surface area contributed by atoms with Crippen LogP contribution < -0.4 is 5.32 Å². The fourth-order valence-corrected chi connectivity index (χ4v) is 2.47. The van der Waals surface area contributed by atoms with E-state index >= 15 is 0 Å². The van der Waals surface area contributed by atoms with Gasteiger partial charge in [-0.3, -0.25) is 0 Å². The van der Waals surface area contributed by atoms with Crippen molar-refractivity contribution in [2.75, 3.05) is 13.2 Å². The predicted octanol–water partition coefficient (Wildman–Crippen LogP) is 1.70. The first-order valence-electron chi connectivity index (χ1n) is 5.65. The van der Waals surface area contributed by atoms with Gasteiger partial charge in [-0.2, -0.15) is 0 Å². The maximum Gasteiger partial charge on any atom is 0.0697 e. The van der Waals surface area contributed by atoms with Gasteiger partial charge in [0.1, 0.15) is 0 Å². The molecule has 1 atom stereocenters. The zero-order valence-corrected chi connectivity index (χ0v) is 8.72. The molecule has 0 bridgehead atoms. The molecular weight excluding hydrogens is 174 g/mol. The maximum atomic E-state index is 5.86. The summed E-state index contributed by atoms with van der Waals surface area (Å²) >= 11 is 0. The molecule has 0 aromatic heterocycles. The first-order valence-corrected chi connectivity index (χ1v) is 5.65. The second-order valence-corrected chi connectivity index (χ2v) is 4.48. The van der Waals surface area contributed by atoms with Gasteiger partial charge >= 0.3 is 0 Å². The van der Waals surface area contributed by atoms with Crippen molar-refractivity contribution >= 4 is 0 Å². The van der Waals surface area contributed by atoms with Crippen LogP contribution in [0.2, 0.25) is 0 Å². The average molecular weight is 193 g/mol. The maximum absolute atomic E-state index is 5.86. The van der Waals surface area contributed by atoms with Crippen molar-refractivity contribution < 1.29 is 4.74 Å². The lowest BCUT2D eigenvalue weighted by Crippen LogP contribution is -2.51. The quantitative estimate of drug-likeness (QED) is 0.544. The minimum Gasteiger partial charge on any atom is -0.375 e. The molecule has 2 heteroatoms. The van der Waals surface area contributed by atoms with Crippen LogP contribution >= 0.6 is 0 Å². The van der Waals surface area contributed by atoms with Crippen molar-refractivity contribution in [1.29, 1.82) is 0 Å². The smallest absolute Gasteiger partial charge is 0.0697 e. The van der Waals surface area contributed by atoms with E-state index in [1.165, 1.54) is 25.7 Å². The molecule has 2 rings (SSSR count). The van der Waals surface area contributed by atoms with E-state index in [9.17, 15) is 0 Å². The van der Waals surface area contributed by atoms with Crippen molar-refractivity contribution in [3.05, 3.63) is 0 Å². The summed E-state index contributed by atoms with van der Waals surface area (Å²) < 4.78 is 5.86. The van der Waals surface area contributed by atoms with E-state index in [1.807, 2.05) is 0 Å². The number of terminal acetylenes is 1. The van der Waals surface area contributed by atoms with Crippen molar-refractivity contribution in [3.63, 3.8) is 0 Å². The van der Waals surface area contributed by atoms with Crippen molar-refractivity contribution in [2.45, 2.75) is 50.2 Å². The highest BCUT2D eigenvalue weighted by atomic mass is 16.5. The SMILES string of the molecule is C#CCCNC1CCOC2(CCC2)C1. The largest absolute Gasteiger partial charge is 0.375 e. The Hall–Kier alpha value is -0.520. The fourth-order valence-electron chi connectivity index (χ4n) is 2.47. The van der Waals surface area contributed by atoms with Crippen molar-refractivity contribution in [1.82, 2.24) is 5.32 Å². The normalized spacial score (nSPS) is 29.5. The third-order valence-corrected chi connectivity index (χ3v) is 3.46. The Morgan fingerprint density at radius 1 is 1.50 bits per heavy atom. The van der Waals surface area contributed by atoms with Crippen LogP contribution in [-0.2, 0) is 4.74 Å². The molecule has 1 saturated heterocycles. The molecule has 1 unspecified atom stereocenters. The van der Waals surface area contributed by atoms with Crippen LogP contribution in [0.4, 0.5) is 0 Å². The lowest BCUT2D eigenvalue weighted by Gasteiger charge is -2.47. The summed E-state index contributed by atoms with van der Waals surface area (Å²) in [6, 6.07) is 0.636. The van der Waals surface area contributed by atoms with Gasteiger partial charge < -0.3 is 10.1 Å². The van der Waals surface area contributed by atoms with Gasteiger partial charge in [0.2, 0.25) is 0 Å². The molecule has 1 aliphatic carbocycles. The van der Waals surface area contributed by atoms with Crippen LogP contribution in [0.1, 0.15) is 38.5 Å². The van der Waals surface area contributed by atoms with Crippen LogP contribution in [0.25, 0.3) is 0 Å². The third kappa shape index (κ3) is 2.10. The van der Waals surface area contributed by atoms with Gasteiger partial charge in [0.25, 0.3) is 0 Å². The second kappa shape index (κ2) is 4.33. The van der Waals surface area contributed by atoms with E-state index in [2.05, 4.69) is 11.2 Å². The van der Waals surface area contributed by atoms with E-state index in [-0.39, 0.29) is 5.60 Å². The summed E-state index contributed by atoms with van der Waals surface area (Å²) in [5, 5.41) is 3.52. The molecular formula is C12H19NO. The van der Waals surface area contributed by atoms with E-state index < -0.39 is 0 Å². The predicted molar refractivity (Wildman–Crippen MR) is 57.0 cm³/mol. The molecule has 0 amide bonds. The lowest BCUT2D eigenvalue weighted by molar-refractivity contribution is -0.135. The molecule has 1 aliphatic heterocycles. The molecule has 1 saturated carbocycles. The highest BCUT2D eigenvalue weighted by Crippen LogP contribution is 2.42. The molecule has 14 heavy (non-hydrogen) atoms. The minimum atomic E-state index is 0.256. The Labute approximate surface area is 86.4 Å².